The Morgan fingerprint density at radius 1 is 1.12 bits per heavy atom. The van der Waals surface area contributed by atoms with E-state index < -0.39 is 0 Å². The van der Waals surface area contributed by atoms with Crippen LogP contribution < -0.4 is 10.2 Å². The monoisotopic (exact) mass is 436 g/mol. The highest BCUT2D eigenvalue weighted by Crippen LogP contribution is 2.30. The van der Waals surface area contributed by atoms with E-state index in [-0.39, 0.29) is 17.7 Å². The van der Waals surface area contributed by atoms with E-state index in [0.717, 1.165) is 50.4 Å². The minimum absolute atomic E-state index is 0.000488. The van der Waals surface area contributed by atoms with Crippen molar-refractivity contribution in [1.29, 1.82) is 0 Å². The zero-order valence-corrected chi connectivity index (χ0v) is 18.7. The molecule has 170 valence electrons. The summed E-state index contributed by atoms with van der Waals surface area (Å²) < 4.78 is 5.29. The second kappa shape index (κ2) is 10.6. The Labute approximate surface area is 189 Å². The summed E-state index contributed by atoms with van der Waals surface area (Å²) in [5.41, 5.74) is 3.17. The molecule has 1 aromatic carbocycles. The number of rotatable bonds is 8. The van der Waals surface area contributed by atoms with Gasteiger partial charge in [0.1, 0.15) is 0 Å². The lowest BCUT2D eigenvalue weighted by molar-refractivity contribution is -0.133. The maximum Gasteiger partial charge on any atom is 0.231 e. The Balaban J connectivity index is 1.21. The molecule has 0 spiro atoms. The van der Waals surface area contributed by atoms with Crippen molar-refractivity contribution in [3.63, 3.8) is 0 Å². The second-order valence-corrected chi connectivity index (χ2v) is 8.53. The predicted octanol–water partition coefficient (Wildman–Crippen LogP) is 3.29. The summed E-state index contributed by atoms with van der Waals surface area (Å²) in [5.74, 6) is 0.708. The number of carbonyl (C=O) groups excluding carboxylic acids is 2. The fourth-order valence-electron chi connectivity index (χ4n) is 4.40. The van der Waals surface area contributed by atoms with Crippen LogP contribution in [0.25, 0.3) is 0 Å². The lowest BCUT2D eigenvalue weighted by Gasteiger charge is -2.39. The molecule has 2 aromatic rings. The van der Waals surface area contributed by atoms with E-state index >= 15 is 0 Å². The first-order chi connectivity index (χ1) is 15.6. The topological polar surface area (TPSA) is 74.8 Å². The number of ether oxygens (including phenoxy) is 1. The molecule has 1 N–H and O–H groups in total. The largest absolute Gasteiger partial charge is 0.381 e. The molecule has 2 aliphatic heterocycles. The van der Waals surface area contributed by atoms with Crippen molar-refractivity contribution in [2.24, 2.45) is 5.92 Å². The van der Waals surface area contributed by atoms with Crippen molar-refractivity contribution in [3.05, 3.63) is 54.4 Å². The van der Waals surface area contributed by atoms with Gasteiger partial charge >= 0.3 is 0 Å². The lowest BCUT2D eigenvalue weighted by atomic mass is 9.89. The van der Waals surface area contributed by atoms with Crippen LogP contribution in [0.2, 0.25) is 0 Å². The van der Waals surface area contributed by atoms with Crippen LogP contribution in [0.4, 0.5) is 11.4 Å². The van der Waals surface area contributed by atoms with E-state index in [1.165, 1.54) is 5.56 Å². The molecule has 0 radical (unpaired) electrons. The third kappa shape index (κ3) is 5.46. The number of benzene rings is 1. The average molecular weight is 437 g/mol. The van der Waals surface area contributed by atoms with E-state index in [9.17, 15) is 9.59 Å². The minimum Gasteiger partial charge on any atom is -0.381 e. The van der Waals surface area contributed by atoms with Crippen LogP contribution >= 0.6 is 0 Å². The van der Waals surface area contributed by atoms with Gasteiger partial charge in [-0.2, -0.15) is 0 Å². The van der Waals surface area contributed by atoms with Crippen molar-refractivity contribution in [3.8, 4) is 0 Å². The zero-order valence-electron chi connectivity index (χ0n) is 18.7. The standard InChI is InChI=1S/C25H32N4O3/c1-2-32-15-11-24(30)28-13-9-20(10-14-28)19-5-7-22(8-6-19)27-25(31)21-17-29(18-21)23-4-3-12-26-16-23/h3-8,12,16,20-21H,2,9-11,13-15,17-18H2,1H3,(H,27,31). The minimum atomic E-state index is -0.000488. The highest BCUT2D eigenvalue weighted by Gasteiger charge is 2.33. The number of aromatic nitrogens is 1. The summed E-state index contributed by atoms with van der Waals surface area (Å²) in [4.78, 5) is 33.1. The van der Waals surface area contributed by atoms with E-state index in [4.69, 9.17) is 4.74 Å². The van der Waals surface area contributed by atoms with Gasteiger partial charge in [0.2, 0.25) is 11.8 Å². The van der Waals surface area contributed by atoms with Crippen LogP contribution in [0.3, 0.4) is 0 Å². The lowest BCUT2D eigenvalue weighted by Crippen LogP contribution is -2.52. The van der Waals surface area contributed by atoms with Gasteiger partial charge in [0.15, 0.2) is 0 Å². The Hall–Kier alpha value is -2.93. The smallest absolute Gasteiger partial charge is 0.231 e. The van der Waals surface area contributed by atoms with Crippen molar-refractivity contribution in [2.45, 2.75) is 32.1 Å². The number of hydrogen-bond donors (Lipinski definition) is 1. The first kappa shape index (κ1) is 22.3. The second-order valence-electron chi connectivity index (χ2n) is 8.53. The number of anilines is 2. The van der Waals surface area contributed by atoms with E-state index in [0.29, 0.717) is 25.6 Å². The van der Waals surface area contributed by atoms with E-state index in [2.05, 4.69) is 27.3 Å². The molecule has 3 heterocycles. The van der Waals surface area contributed by atoms with Gasteiger partial charge in [0.05, 0.1) is 30.8 Å². The first-order valence-corrected chi connectivity index (χ1v) is 11.6. The van der Waals surface area contributed by atoms with Gasteiger partial charge in [-0.3, -0.25) is 14.6 Å². The van der Waals surface area contributed by atoms with Crippen LogP contribution in [-0.2, 0) is 14.3 Å². The Morgan fingerprint density at radius 3 is 2.53 bits per heavy atom. The number of hydrogen-bond acceptors (Lipinski definition) is 5. The fourth-order valence-corrected chi connectivity index (χ4v) is 4.40. The number of nitrogens with one attached hydrogen (secondary N) is 1. The highest BCUT2D eigenvalue weighted by atomic mass is 16.5. The predicted molar refractivity (Wildman–Crippen MR) is 125 cm³/mol. The van der Waals surface area contributed by atoms with Crippen molar-refractivity contribution >= 4 is 23.2 Å². The third-order valence-corrected chi connectivity index (χ3v) is 6.43. The van der Waals surface area contributed by atoms with E-state index in [1.807, 2.05) is 42.3 Å². The molecule has 2 saturated heterocycles. The third-order valence-electron chi connectivity index (χ3n) is 6.43. The van der Waals surface area contributed by atoms with Gasteiger partial charge in [0.25, 0.3) is 0 Å². The summed E-state index contributed by atoms with van der Waals surface area (Å²) in [5, 5.41) is 3.05. The molecule has 7 nitrogen and oxygen atoms in total. The molecule has 32 heavy (non-hydrogen) atoms. The first-order valence-electron chi connectivity index (χ1n) is 11.6. The molecular formula is C25H32N4O3. The fraction of sp³-hybridized carbons (Fsp3) is 0.480. The Bertz CT molecular complexity index is 889. The van der Waals surface area contributed by atoms with Crippen molar-refractivity contribution in [2.75, 3.05) is 49.6 Å². The summed E-state index contributed by atoms with van der Waals surface area (Å²) >= 11 is 0. The summed E-state index contributed by atoms with van der Waals surface area (Å²) in [6.07, 6.45) is 5.99. The molecule has 0 atom stereocenters. The molecule has 1 aromatic heterocycles. The van der Waals surface area contributed by atoms with Crippen molar-refractivity contribution < 1.29 is 14.3 Å². The van der Waals surface area contributed by atoms with Crippen molar-refractivity contribution in [1.82, 2.24) is 9.88 Å². The molecule has 4 rings (SSSR count). The molecule has 2 aliphatic rings. The number of amides is 2. The molecule has 2 amide bonds. The van der Waals surface area contributed by atoms with Crippen LogP contribution in [0.15, 0.2) is 48.8 Å². The molecule has 2 fully saturated rings. The van der Waals surface area contributed by atoms with Gasteiger partial charge in [-0.25, -0.2) is 0 Å². The maximum absolute atomic E-state index is 12.6. The van der Waals surface area contributed by atoms with E-state index in [1.54, 1.807) is 6.20 Å². The quantitative estimate of drug-likeness (QED) is 0.643. The number of piperidine rings is 1. The average Bonchev–Trinajstić information content (AvgIpc) is 2.79. The molecule has 7 heteroatoms. The van der Waals surface area contributed by atoms with Gasteiger partial charge in [-0.1, -0.05) is 12.1 Å². The number of pyridine rings is 1. The highest BCUT2D eigenvalue weighted by molar-refractivity contribution is 5.94. The number of nitrogens with zero attached hydrogens (tertiary/aromatic N) is 3. The van der Waals surface area contributed by atoms with Crippen LogP contribution in [0.1, 0.15) is 37.7 Å². The van der Waals surface area contributed by atoms with Crippen LogP contribution in [-0.4, -0.2) is 61.1 Å². The van der Waals surface area contributed by atoms with Gasteiger partial charge in [0, 0.05) is 44.7 Å². The maximum atomic E-state index is 12.6. The SMILES string of the molecule is CCOCCC(=O)N1CCC(c2ccc(NC(=O)C3CN(c4cccnc4)C3)cc2)CC1. The van der Waals surface area contributed by atoms with Gasteiger partial charge in [-0.15, -0.1) is 0 Å². The van der Waals surface area contributed by atoms with Gasteiger partial charge in [-0.05, 0) is 55.5 Å². The molecule has 0 bridgehead atoms. The normalized spacial score (nSPS) is 17.2. The van der Waals surface area contributed by atoms with Gasteiger partial charge < -0.3 is 19.9 Å². The summed E-state index contributed by atoms with van der Waals surface area (Å²) in [7, 11) is 0. The van der Waals surface area contributed by atoms with Crippen LogP contribution in [0.5, 0.6) is 0 Å². The molecule has 0 aliphatic carbocycles. The molecule has 0 unspecified atom stereocenters. The Morgan fingerprint density at radius 2 is 1.88 bits per heavy atom. The zero-order chi connectivity index (χ0) is 22.3. The number of carbonyl (C=O) groups is 2. The summed E-state index contributed by atoms with van der Waals surface area (Å²) in [6.45, 7) is 6.12. The number of likely N-dealkylation sites (tertiary alicyclic amines) is 1. The Kier molecular flexibility index (Phi) is 7.37. The molecule has 0 saturated carbocycles. The summed E-state index contributed by atoms with van der Waals surface area (Å²) in [6, 6.07) is 12.1. The molecular weight excluding hydrogens is 404 g/mol. The van der Waals surface area contributed by atoms with Crippen LogP contribution in [0, 0.1) is 5.92 Å².